The first-order valence-corrected chi connectivity index (χ1v) is 6.33. The van der Waals surface area contributed by atoms with E-state index < -0.39 is 11.6 Å². The van der Waals surface area contributed by atoms with Crippen LogP contribution in [0.3, 0.4) is 0 Å². The number of rotatable bonds is 3. The zero-order chi connectivity index (χ0) is 13.7. The van der Waals surface area contributed by atoms with Gasteiger partial charge in [-0.15, -0.1) is 0 Å². The van der Waals surface area contributed by atoms with Gasteiger partial charge in [-0.1, -0.05) is 0 Å². The predicted octanol–water partition coefficient (Wildman–Crippen LogP) is 1.20. The van der Waals surface area contributed by atoms with Crippen LogP contribution in [0.25, 0.3) is 0 Å². The van der Waals surface area contributed by atoms with Crippen molar-refractivity contribution in [3.63, 3.8) is 0 Å². The standard InChI is InChI=1S/C13H17F2N3O/c14-11-3-2-10(8-12(11)15)17-13(19)9-18-6-1-4-16-5-7-18/h2-3,8,16H,1,4-7,9H2,(H,17,19). The van der Waals surface area contributed by atoms with Crippen molar-refractivity contribution < 1.29 is 13.6 Å². The Morgan fingerprint density at radius 1 is 1.26 bits per heavy atom. The van der Waals surface area contributed by atoms with E-state index in [1.807, 2.05) is 4.90 Å². The largest absolute Gasteiger partial charge is 0.325 e. The average Bonchev–Trinajstić information content (AvgIpc) is 2.62. The van der Waals surface area contributed by atoms with Crippen molar-refractivity contribution in [3.8, 4) is 0 Å². The fourth-order valence-electron chi connectivity index (χ4n) is 2.04. The van der Waals surface area contributed by atoms with Crippen LogP contribution in [-0.4, -0.2) is 43.5 Å². The lowest BCUT2D eigenvalue weighted by molar-refractivity contribution is -0.117. The molecule has 104 valence electrons. The molecule has 0 saturated carbocycles. The summed E-state index contributed by atoms with van der Waals surface area (Å²) >= 11 is 0. The van der Waals surface area contributed by atoms with Gasteiger partial charge < -0.3 is 10.6 Å². The molecule has 1 aromatic carbocycles. The lowest BCUT2D eigenvalue weighted by Gasteiger charge is -2.18. The number of halogens is 2. The zero-order valence-electron chi connectivity index (χ0n) is 10.6. The van der Waals surface area contributed by atoms with Gasteiger partial charge in [0.2, 0.25) is 5.91 Å². The van der Waals surface area contributed by atoms with Crippen LogP contribution in [0, 0.1) is 11.6 Å². The second kappa shape index (κ2) is 6.58. The number of hydrogen-bond acceptors (Lipinski definition) is 3. The van der Waals surface area contributed by atoms with Crippen molar-refractivity contribution in [2.75, 3.05) is 38.0 Å². The van der Waals surface area contributed by atoms with Gasteiger partial charge in [0, 0.05) is 24.8 Å². The lowest BCUT2D eigenvalue weighted by atomic mass is 10.3. The van der Waals surface area contributed by atoms with Gasteiger partial charge in [0.15, 0.2) is 11.6 Å². The summed E-state index contributed by atoms with van der Waals surface area (Å²) in [5.74, 6) is -2.10. The number of carbonyl (C=O) groups excluding carboxylic acids is 1. The van der Waals surface area contributed by atoms with Gasteiger partial charge in [-0.05, 0) is 31.6 Å². The highest BCUT2D eigenvalue weighted by Crippen LogP contribution is 2.13. The third-order valence-corrected chi connectivity index (χ3v) is 3.00. The molecule has 4 nitrogen and oxygen atoms in total. The van der Waals surface area contributed by atoms with Crippen LogP contribution < -0.4 is 10.6 Å². The Bertz CT molecular complexity index is 446. The molecule has 1 saturated heterocycles. The highest BCUT2D eigenvalue weighted by atomic mass is 19.2. The van der Waals surface area contributed by atoms with Crippen molar-refractivity contribution in [2.45, 2.75) is 6.42 Å². The van der Waals surface area contributed by atoms with Crippen molar-refractivity contribution in [1.29, 1.82) is 0 Å². The summed E-state index contributed by atoms with van der Waals surface area (Å²) in [6, 6.07) is 3.33. The Morgan fingerprint density at radius 3 is 2.89 bits per heavy atom. The third kappa shape index (κ3) is 4.25. The fraction of sp³-hybridized carbons (Fsp3) is 0.462. The molecule has 2 rings (SSSR count). The Labute approximate surface area is 110 Å². The normalized spacial score (nSPS) is 16.9. The summed E-state index contributed by atoms with van der Waals surface area (Å²) in [4.78, 5) is 13.8. The molecule has 1 heterocycles. The van der Waals surface area contributed by atoms with Crippen LogP contribution in [0.5, 0.6) is 0 Å². The number of nitrogens with zero attached hydrogens (tertiary/aromatic N) is 1. The second-order valence-corrected chi connectivity index (χ2v) is 4.56. The van der Waals surface area contributed by atoms with E-state index in [9.17, 15) is 13.6 Å². The van der Waals surface area contributed by atoms with Gasteiger partial charge in [0.25, 0.3) is 0 Å². The Kier molecular flexibility index (Phi) is 4.81. The predicted molar refractivity (Wildman–Crippen MR) is 68.9 cm³/mol. The van der Waals surface area contributed by atoms with E-state index in [1.165, 1.54) is 6.07 Å². The summed E-state index contributed by atoms with van der Waals surface area (Å²) in [7, 11) is 0. The minimum Gasteiger partial charge on any atom is -0.325 e. The van der Waals surface area contributed by atoms with E-state index in [0.29, 0.717) is 0 Å². The van der Waals surface area contributed by atoms with Gasteiger partial charge in [-0.25, -0.2) is 8.78 Å². The maximum Gasteiger partial charge on any atom is 0.238 e. The summed E-state index contributed by atoms with van der Waals surface area (Å²) in [5.41, 5.74) is 0.275. The molecule has 0 aliphatic carbocycles. The molecular weight excluding hydrogens is 252 g/mol. The van der Waals surface area contributed by atoms with Gasteiger partial charge in [-0.2, -0.15) is 0 Å². The van der Waals surface area contributed by atoms with E-state index in [4.69, 9.17) is 0 Å². The topological polar surface area (TPSA) is 44.4 Å². The van der Waals surface area contributed by atoms with Crippen LogP contribution in [0.15, 0.2) is 18.2 Å². The molecule has 0 bridgehead atoms. The molecule has 1 aromatic rings. The SMILES string of the molecule is O=C(CN1CCCNCC1)Nc1ccc(F)c(F)c1. The maximum absolute atomic E-state index is 13.0. The van der Waals surface area contributed by atoms with Crippen molar-refractivity contribution in [2.24, 2.45) is 0 Å². The summed E-state index contributed by atoms with van der Waals surface area (Å²) in [6.45, 7) is 3.75. The third-order valence-electron chi connectivity index (χ3n) is 3.00. The number of carbonyl (C=O) groups is 1. The van der Waals surface area contributed by atoms with Gasteiger partial charge >= 0.3 is 0 Å². The van der Waals surface area contributed by atoms with Crippen molar-refractivity contribution >= 4 is 11.6 Å². The van der Waals surface area contributed by atoms with Gasteiger partial charge in [0.05, 0.1) is 6.54 Å². The lowest BCUT2D eigenvalue weighted by Crippen LogP contribution is -2.35. The zero-order valence-corrected chi connectivity index (χ0v) is 10.6. The summed E-state index contributed by atoms with van der Waals surface area (Å²) < 4.78 is 25.7. The first-order chi connectivity index (χ1) is 9.15. The number of anilines is 1. The molecule has 0 spiro atoms. The van der Waals surface area contributed by atoms with Crippen LogP contribution in [0.2, 0.25) is 0 Å². The molecule has 19 heavy (non-hydrogen) atoms. The Hall–Kier alpha value is -1.53. The minimum atomic E-state index is -0.961. The molecular formula is C13H17F2N3O. The molecule has 0 unspecified atom stereocenters. The molecule has 1 amide bonds. The van der Waals surface area contributed by atoms with Crippen LogP contribution >= 0.6 is 0 Å². The maximum atomic E-state index is 13.0. The van der Waals surface area contributed by atoms with E-state index in [-0.39, 0.29) is 18.1 Å². The highest BCUT2D eigenvalue weighted by Gasteiger charge is 2.13. The molecule has 6 heteroatoms. The van der Waals surface area contributed by atoms with E-state index >= 15 is 0 Å². The van der Waals surface area contributed by atoms with Crippen LogP contribution in [0.1, 0.15) is 6.42 Å². The highest BCUT2D eigenvalue weighted by molar-refractivity contribution is 5.92. The van der Waals surface area contributed by atoms with Crippen LogP contribution in [-0.2, 0) is 4.79 Å². The number of benzene rings is 1. The molecule has 0 aromatic heterocycles. The fourth-order valence-corrected chi connectivity index (χ4v) is 2.04. The number of nitrogens with one attached hydrogen (secondary N) is 2. The first-order valence-electron chi connectivity index (χ1n) is 6.33. The second-order valence-electron chi connectivity index (χ2n) is 4.56. The smallest absolute Gasteiger partial charge is 0.238 e. The first kappa shape index (κ1) is 13.9. The van der Waals surface area contributed by atoms with Gasteiger partial charge in [0.1, 0.15) is 0 Å². The molecule has 2 N–H and O–H groups in total. The van der Waals surface area contributed by atoms with Gasteiger partial charge in [-0.3, -0.25) is 9.69 Å². The summed E-state index contributed by atoms with van der Waals surface area (Å²) in [6.07, 6.45) is 0.998. The molecule has 0 radical (unpaired) electrons. The molecule has 1 fully saturated rings. The van der Waals surface area contributed by atoms with Crippen molar-refractivity contribution in [3.05, 3.63) is 29.8 Å². The number of hydrogen-bond donors (Lipinski definition) is 2. The number of amides is 1. The molecule has 1 aliphatic heterocycles. The quantitative estimate of drug-likeness (QED) is 0.866. The average molecular weight is 269 g/mol. The minimum absolute atomic E-state index is 0.215. The van der Waals surface area contributed by atoms with Crippen LogP contribution in [0.4, 0.5) is 14.5 Å². The van der Waals surface area contributed by atoms with E-state index in [1.54, 1.807) is 0 Å². The molecule has 1 aliphatic rings. The Morgan fingerprint density at radius 2 is 2.11 bits per heavy atom. The Balaban J connectivity index is 1.87. The summed E-state index contributed by atoms with van der Waals surface area (Å²) in [5, 5.41) is 5.82. The van der Waals surface area contributed by atoms with Crippen molar-refractivity contribution in [1.82, 2.24) is 10.2 Å². The molecule has 0 atom stereocenters. The van der Waals surface area contributed by atoms with E-state index in [2.05, 4.69) is 10.6 Å². The monoisotopic (exact) mass is 269 g/mol. The van der Waals surface area contributed by atoms with E-state index in [0.717, 1.165) is 44.7 Å².